The molecule has 0 bridgehead atoms. The maximum absolute atomic E-state index is 14.9. The Hall–Kier alpha value is -4.62. The molecule has 0 spiro atoms. The molecule has 266 valence electrons. The Labute approximate surface area is 295 Å². The minimum absolute atomic E-state index is 0.0274. The normalized spacial score (nSPS) is 13.5. The summed E-state index contributed by atoms with van der Waals surface area (Å²) in [5.41, 5.74) is 2.56. The number of carboxylic acid groups (broad SMARTS) is 1. The van der Waals surface area contributed by atoms with Crippen molar-refractivity contribution in [1.82, 2.24) is 29.5 Å². The molecular formula is C33H33Cl2F4N7O4. The highest BCUT2D eigenvalue weighted by Gasteiger charge is 2.38. The molecule has 5 rings (SSSR count). The molecule has 0 atom stereocenters. The number of hydrogen-bond acceptors (Lipinski definition) is 8. The fourth-order valence-electron chi connectivity index (χ4n) is 5.02. The molecule has 1 saturated heterocycles. The number of anilines is 2. The van der Waals surface area contributed by atoms with Gasteiger partial charge in [0, 0.05) is 55.9 Å². The van der Waals surface area contributed by atoms with Gasteiger partial charge in [-0.25, -0.2) is 19.2 Å². The number of halogens is 6. The van der Waals surface area contributed by atoms with E-state index in [4.69, 9.17) is 44.3 Å². The van der Waals surface area contributed by atoms with Crippen LogP contribution in [0.5, 0.6) is 5.75 Å². The summed E-state index contributed by atoms with van der Waals surface area (Å²) in [6.45, 7) is 3.19. The van der Waals surface area contributed by atoms with Crippen LogP contribution in [0.3, 0.4) is 0 Å². The number of fused-ring (bicyclic) bond motifs is 1. The highest BCUT2D eigenvalue weighted by atomic mass is 35.5. The average molecular weight is 739 g/mol. The van der Waals surface area contributed by atoms with Crippen LogP contribution in [-0.2, 0) is 4.79 Å². The topological polar surface area (TPSA) is 124 Å². The number of rotatable bonds is 10. The van der Waals surface area contributed by atoms with Gasteiger partial charge >= 0.3 is 12.1 Å². The first-order valence-corrected chi connectivity index (χ1v) is 15.9. The van der Waals surface area contributed by atoms with Crippen LogP contribution >= 0.6 is 23.2 Å². The molecule has 50 heavy (non-hydrogen) atoms. The minimum atomic E-state index is -5.08. The quantitative estimate of drug-likeness (QED) is 0.133. The lowest BCUT2D eigenvalue weighted by molar-refractivity contribution is -0.192. The highest BCUT2D eigenvalue weighted by Crippen LogP contribution is 2.36. The van der Waals surface area contributed by atoms with Gasteiger partial charge in [-0.1, -0.05) is 29.1 Å². The lowest BCUT2D eigenvalue weighted by Gasteiger charge is -2.33. The molecule has 0 aliphatic carbocycles. The molecule has 0 saturated carbocycles. The molecule has 17 heteroatoms. The first kappa shape index (κ1) is 38.2. The van der Waals surface area contributed by atoms with Crippen LogP contribution in [0.15, 0.2) is 48.9 Å². The minimum Gasteiger partial charge on any atom is -0.478 e. The van der Waals surface area contributed by atoms with Gasteiger partial charge in [0.15, 0.2) is 23.0 Å². The van der Waals surface area contributed by atoms with E-state index in [1.54, 1.807) is 47.3 Å². The van der Waals surface area contributed by atoms with Crippen molar-refractivity contribution >= 4 is 52.2 Å². The van der Waals surface area contributed by atoms with E-state index in [-0.39, 0.29) is 23.3 Å². The van der Waals surface area contributed by atoms with Gasteiger partial charge in [-0.05, 0) is 57.3 Å². The second-order valence-corrected chi connectivity index (χ2v) is 12.1. The number of aliphatic carboxylic acids is 1. The van der Waals surface area contributed by atoms with Crippen LogP contribution in [0.4, 0.5) is 29.1 Å². The number of benzene rings is 2. The number of carbonyl (C=O) groups is 2. The Kier molecular flexibility index (Phi) is 12.9. The van der Waals surface area contributed by atoms with E-state index < -0.39 is 18.0 Å². The number of ether oxygens (including phenoxy) is 1. The molecule has 1 fully saturated rings. The van der Waals surface area contributed by atoms with Gasteiger partial charge in [-0.15, -0.1) is 6.42 Å². The van der Waals surface area contributed by atoms with Crippen LogP contribution in [0.1, 0.15) is 23.2 Å². The third-order valence-corrected chi connectivity index (χ3v) is 8.22. The Morgan fingerprint density at radius 3 is 2.48 bits per heavy atom. The van der Waals surface area contributed by atoms with E-state index >= 15 is 0 Å². The first-order chi connectivity index (χ1) is 23.7. The molecule has 0 radical (unpaired) electrons. The third kappa shape index (κ3) is 9.54. The molecule has 2 aromatic carbocycles. The van der Waals surface area contributed by atoms with E-state index in [0.29, 0.717) is 58.1 Å². The molecule has 3 N–H and O–H groups in total. The largest absolute Gasteiger partial charge is 0.490 e. The molecule has 0 unspecified atom stereocenters. The summed E-state index contributed by atoms with van der Waals surface area (Å²) < 4.78 is 53.6. The lowest BCUT2D eigenvalue weighted by Crippen LogP contribution is -2.46. The standard InChI is InChI=1S/C31H32Cl2FN7O2.C2HF3O2/c1-4-17-43-26-8-7-23(27(33)28(26)34)25-19-37-30-29(36-12-16-41(25)30)38-21-5-6-22(24(32)18-21)31(42)40-13-9-20(10-14-40)35-11-15-39(2)3;3-2(4,5)1(6)7/h1,5-8,12,16,18-20,35H,9-11,13-15,17H2,2-3H3,(H,36,38);(H,6,7). The Balaban J connectivity index is 0.000000727. The number of alkyl halides is 3. The maximum Gasteiger partial charge on any atom is 0.490 e. The molecule has 2 aromatic heterocycles. The number of hydrogen-bond donors (Lipinski definition) is 3. The second-order valence-electron chi connectivity index (χ2n) is 11.3. The number of imidazole rings is 1. The number of likely N-dealkylation sites (N-methyl/N-ethyl adjacent to an activating group) is 1. The number of nitrogens with one attached hydrogen (secondary N) is 2. The summed E-state index contributed by atoms with van der Waals surface area (Å²) in [5, 5.41) is 14.2. The number of terminal acetylenes is 1. The highest BCUT2D eigenvalue weighted by molar-refractivity contribution is 6.34. The Bertz CT molecular complexity index is 1870. The predicted molar refractivity (Wildman–Crippen MR) is 182 cm³/mol. The van der Waals surface area contributed by atoms with Gasteiger partial charge in [0.05, 0.1) is 27.5 Å². The summed E-state index contributed by atoms with van der Waals surface area (Å²) in [5.74, 6) is -0.829. The Morgan fingerprint density at radius 2 is 1.86 bits per heavy atom. The lowest BCUT2D eigenvalue weighted by atomic mass is 10.0. The van der Waals surface area contributed by atoms with Crippen LogP contribution in [0.2, 0.25) is 10.0 Å². The Morgan fingerprint density at radius 1 is 1.16 bits per heavy atom. The van der Waals surface area contributed by atoms with Crippen molar-refractivity contribution in [3.8, 4) is 29.4 Å². The number of carboxylic acids is 1. The van der Waals surface area contributed by atoms with Crippen molar-refractivity contribution < 1.29 is 37.0 Å². The summed E-state index contributed by atoms with van der Waals surface area (Å²) in [4.78, 5) is 35.1. The fraction of sp³-hybridized carbons (Fsp3) is 0.333. The molecular weight excluding hydrogens is 705 g/mol. The summed E-state index contributed by atoms with van der Waals surface area (Å²) in [7, 11) is 4.11. The molecule has 4 aromatic rings. The van der Waals surface area contributed by atoms with Crippen LogP contribution in [0.25, 0.3) is 16.9 Å². The molecule has 1 aliphatic heterocycles. The second kappa shape index (κ2) is 16.9. The van der Waals surface area contributed by atoms with E-state index in [9.17, 15) is 22.4 Å². The number of aromatic nitrogens is 3. The van der Waals surface area contributed by atoms with Crippen molar-refractivity contribution in [2.45, 2.75) is 25.1 Å². The van der Waals surface area contributed by atoms with Crippen molar-refractivity contribution in [1.29, 1.82) is 0 Å². The fourth-order valence-corrected chi connectivity index (χ4v) is 5.53. The smallest absolute Gasteiger partial charge is 0.478 e. The van der Waals surface area contributed by atoms with Crippen LogP contribution in [0, 0.1) is 18.2 Å². The maximum atomic E-state index is 14.9. The molecule has 1 aliphatic rings. The van der Waals surface area contributed by atoms with E-state index in [1.165, 1.54) is 6.07 Å². The summed E-state index contributed by atoms with van der Waals surface area (Å²) in [6.07, 6.45) is 6.81. The first-order valence-electron chi connectivity index (χ1n) is 15.1. The zero-order valence-electron chi connectivity index (χ0n) is 26.9. The average Bonchev–Trinajstić information content (AvgIpc) is 3.50. The summed E-state index contributed by atoms with van der Waals surface area (Å²) in [6, 6.07) is 8.73. The predicted octanol–water partition coefficient (Wildman–Crippen LogP) is 5.99. The van der Waals surface area contributed by atoms with Crippen molar-refractivity contribution in [2.24, 2.45) is 0 Å². The molecule has 1 amide bonds. The monoisotopic (exact) mass is 737 g/mol. The van der Waals surface area contributed by atoms with Gasteiger partial charge in [0.1, 0.15) is 6.61 Å². The summed E-state index contributed by atoms with van der Waals surface area (Å²) >= 11 is 13.0. The van der Waals surface area contributed by atoms with E-state index in [0.717, 1.165) is 25.9 Å². The van der Waals surface area contributed by atoms with Crippen molar-refractivity contribution in [2.75, 3.05) is 52.2 Å². The van der Waals surface area contributed by atoms with Gasteiger partial charge in [0.2, 0.25) is 0 Å². The SMILES string of the molecule is C#CCOc1ccc(-c2cnc3c(Nc4ccc(C(=O)N5CCC(NCCN(C)C)CC5)c(Cl)c4)nccn23)c(Cl)c1F.O=C(O)C(F)(F)F. The number of likely N-dealkylation sites (tertiary alicyclic amines) is 1. The van der Waals surface area contributed by atoms with Crippen molar-refractivity contribution in [3.05, 3.63) is 70.3 Å². The van der Waals surface area contributed by atoms with Crippen LogP contribution in [-0.4, -0.2) is 100 Å². The van der Waals surface area contributed by atoms with E-state index in [2.05, 4.69) is 45.5 Å². The van der Waals surface area contributed by atoms with E-state index in [1.807, 2.05) is 4.90 Å². The van der Waals surface area contributed by atoms with Gasteiger partial charge < -0.3 is 30.3 Å². The zero-order chi connectivity index (χ0) is 36.6. The zero-order valence-corrected chi connectivity index (χ0v) is 28.4. The van der Waals surface area contributed by atoms with Gasteiger partial charge in [-0.2, -0.15) is 13.2 Å². The number of carbonyl (C=O) groups excluding carboxylic acids is 1. The molecule has 3 heterocycles. The number of piperidine rings is 1. The number of nitrogens with zero attached hydrogens (tertiary/aromatic N) is 5. The third-order valence-electron chi connectivity index (χ3n) is 7.54. The number of amides is 1. The van der Waals surface area contributed by atoms with Gasteiger partial charge in [-0.3, -0.25) is 9.20 Å². The van der Waals surface area contributed by atoms with Gasteiger partial charge in [0.25, 0.3) is 5.91 Å². The van der Waals surface area contributed by atoms with Crippen LogP contribution < -0.4 is 15.4 Å². The van der Waals surface area contributed by atoms with Crippen molar-refractivity contribution in [3.63, 3.8) is 0 Å². The molecule has 11 nitrogen and oxygen atoms in total.